The molecule has 29 heavy (non-hydrogen) atoms. The smallest absolute Gasteiger partial charge is 0.243 e. The highest BCUT2D eigenvalue weighted by Crippen LogP contribution is 2.20. The van der Waals surface area contributed by atoms with Crippen LogP contribution in [0.2, 0.25) is 0 Å². The standard InChI is InChI=1S/C23H23NO4S/c1-19-7-13-23(14-8-19)29(26,27)24(15-16-25)17-20-9-11-22(12-10-20)28-18-21-5-3-2-4-6-21/h2-14,16H,15,17-18H2,1H3. The van der Waals surface area contributed by atoms with Crippen LogP contribution in [0.1, 0.15) is 16.7 Å². The highest BCUT2D eigenvalue weighted by Gasteiger charge is 2.24. The zero-order valence-corrected chi connectivity index (χ0v) is 17.0. The zero-order valence-electron chi connectivity index (χ0n) is 16.2. The van der Waals surface area contributed by atoms with Gasteiger partial charge in [-0.15, -0.1) is 0 Å². The first-order chi connectivity index (χ1) is 14.0. The van der Waals surface area contributed by atoms with Gasteiger partial charge in [0.25, 0.3) is 0 Å². The van der Waals surface area contributed by atoms with Crippen molar-refractivity contribution in [2.45, 2.75) is 25.0 Å². The van der Waals surface area contributed by atoms with Crippen LogP contribution in [0.25, 0.3) is 0 Å². The number of hydrogen-bond acceptors (Lipinski definition) is 4. The van der Waals surface area contributed by atoms with Crippen molar-refractivity contribution in [3.8, 4) is 5.75 Å². The van der Waals surface area contributed by atoms with Gasteiger partial charge in [-0.25, -0.2) is 8.42 Å². The van der Waals surface area contributed by atoms with Gasteiger partial charge in [0.2, 0.25) is 10.0 Å². The van der Waals surface area contributed by atoms with E-state index in [1.165, 1.54) is 4.31 Å². The third-order valence-electron chi connectivity index (χ3n) is 4.47. The van der Waals surface area contributed by atoms with Gasteiger partial charge in [0, 0.05) is 6.54 Å². The Bertz CT molecular complexity index is 1030. The second kappa shape index (κ2) is 9.49. The lowest BCUT2D eigenvalue weighted by atomic mass is 10.2. The summed E-state index contributed by atoms with van der Waals surface area (Å²) in [6.07, 6.45) is 0.600. The van der Waals surface area contributed by atoms with Crippen LogP contribution >= 0.6 is 0 Å². The van der Waals surface area contributed by atoms with Crippen LogP contribution in [0.5, 0.6) is 5.75 Å². The molecule has 0 aliphatic rings. The molecule has 0 heterocycles. The summed E-state index contributed by atoms with van der Waals surface area (Å²) in [7, 11) is -3.76. The average molecular weight is 410 g/mol. The van der Waals surface area contributed by atoms with Gasteiger partial charge in [-0.1, -0.05) is 60.2 Å². The van der Waals surface area contributed by atoms with Crippen LogP contribution in [-0.2, 0) is 28.0 Å². The summed E-state index contributed by atoms with van der Waals surface area (Å²) < 4.78 is 32.7. The summed E-state index contributed by atoms with van der Waals surface area (Å²) >= 11 is 0. The van der Waals surface area contributed by atoms with Crippen LogP contribution in [0.4, 0.5) is 0 Å². The Morgan fingerprint density at radius 3 is 2.14 bits per heavy atom. The average Bonchev–Trinajstić information content (AvgIpc) is 2.74. The van der Waals surface area contributed by atoms with E-state index in [4.69, 9.17) is 4.74 Å². The van der Waals surface area contributed by atoms with E-state index in [1.54, 1.807) is 36.4 Å². The molecular weight excluding hydrogens is 386 g/mol. The zero-order chi connectivity index (χ0) is 20.7. The molecule has 3 aromatic carbocycles. The lowest BCUT2D eigenvalue weighted by molar-refractivity contribution is -0.108. The molecule has 0 aliphatic carbocycles. The summed E-state index contributed by atoms with van der Waals surface area (Å²) in [5.74, 6) is 0.695. The maximum absolute atomic E-state index is 12.9. The van der Waals surface area contributed by atoms with Crippen molar-refractivity contribution in [3.05, 3.63) is 95.6 Å². The van der Waals surface area contributed by atoms with E-state index >= 15 is 0 Å². The van der Waals surface area contributed by atoms with Crippen LogP contribution in [0.3, 0.4) is 0 Å². The van der Waals surface area contributed by atoms with Crippen LogP contribution in [0, 0.1) is 6.92 Å². The van der Waals surface area contributed by atoms with Crippen molar-refractivity contribution in [3.63, 3.8) is 0 Å². The number of aldehydes is 1. The van der Waals surface area contributed by atoms with Crippen molar-refractivity contribution in [1.82, 2.24) is 4.31 Å². The summed E-state index contributed by atoms with van der Waals surface area (Å²) in [5, 5.41) is 0. The highest BCUT2D eigenvalue weighted by atomic mass is 32.2. The number of hydrogen-bond donors (Lipinski definition) is 0. The molecule has 150 valence electrons. The molecule has 5 nitrogen and oxygen atoms in total. The third-order valence-corrected chi connectivity index (χ3v) is 6.29. The molecule has 0 aromatic heterocycles. The molecule has 0 N–H and O–H groups in total. The van der Waals surface area contributed by atoms with E-state index in [2.05, 4.69) is 0 Å². The Balaban J connectivity index is 1.70. The highest BCUT2D eigenvalue weighted by molar-refractivity contribution is 7.89. The van der Waals surface area contributed by atoms with Crippen molar-refractivity contribution in [2.24, 2.45) is 0 Å². The van der Waals surface area contributed by atoms with Gasteiger partial charge in [-0.05, 0) is 42.3 Å². The molecule has 0 atom stereocenters. The summed E-state index contributed by atoms with van der Waals surface area (Å²) in [6, 6.07) is 23.7. The molecule has 6 heteroatoms. The van der Waals surface area contributed by atoms with Crippen LogP contribution in [0.15, 0.2) is 83.8 Å². The molecule has 0 saturated heterocycles. The Morgan fingerprint density at radius 1 is 0.862 bits per heavy atom. The minimum atomic E-state index is -3.76. The number of carbonyl (C=O) groups excluding carboxylic acids is 1. The van der Waals surface area contributed by atoms with E-state index in [0.29, 0.717) is 18.6 Å². The van der Waals surface area contributed by atoms with Gasteiger partial charge in [-0.2, -0.15) is 4.31 Å². The fourth-order valence-corrected chi connectivity index (χ4v) is 4.18. The van der Waals surface area contributed by atoms with E-state index in [0.717, 1.165) is 16.7 Å². The molecule has 3 aromatic rings. The number of aryl methyl sites for hydroxylation is 1. The minimum Gasteiger partial charge on any atom is -0.489 e. The topological polar surface area (TPSA) is 63.7 Å². The van der Waals surface area contributed by atoms with E-state index in [-0.39, 0.29) is 18.0 Å². The maximum atomic E-state index is 12.9. The Hall–Kier alpha value is -2.96. The largest absolute Gasteiger partial charge is 0.489 e. The summed E-state index contributed by atoms with van der Waals surface area (Å²) in [6.45, 7) is 2.25. The molecular formula is C23H23NO4S. The molecule has 0 spiro atoms. The molecule has 0 unspecified atom stereocenters. The van der Waals surface area contributed by atoms with E-state index in [9.17, 15) is 13.2 Å². The van der Waals surface area contributed by atoms with Gasteiger partial charge < -0.3 is 9.53 Å². The lowest BCUT2D eigenvalue weighted by Crippen LogP contribution is -2.32. The molecule has 3 rings (SSSR count). The Labute approximate surface area is 171 Å². The quantitative estimate of drug-likeness (QED) is 0.502. The molecule has 0 radical (unpaired) electrons. The number of sulfonamides is 1. The predicted molar refractivity (Wildman–Crippen MR) is 112 cm³/mol. The summed E-state index contributed by atoms with van der Waals surface area (Å²) in [4.78, 5) is 11.3. The van der Waals surface area contributed by atoms with Crippen LogP contribution in [-0.4, -0.2) is 25.6 Å². The molecule has 0 aliphatic heterocycles. The molecule has 0 bridgehead atoms. The van der Waals surface area contributed by atoms with Gasteiger partial charge in [0.05, 0.1) is 11.4 Å². The SMILES string of the molecule is Cc1ccc(S(=O)(=O)N(CC=O)Cc2ccc(OCc3ccccc3)cc2)cc1. The first-order valence-corrected chi connectivity index (χ1v) is 10.7. The second-order valence-corrected chi connectivity index (χ2v) is 8.63. The maximum Gasteiger partial charge on any atom is 0.243 e. The molecule has 0 fully saturated rings. The van der Waals surface area contributed by atoms with Crippen molar-refractivity contribution >= 4 is 16.3 Å². The van der Waals surface area contributed by atoms with Gasteiger partial charge >= 0.3 is 0 Å². The van der Waals surface area contributed by atoms with E-state index < -0.39 is 10.0 Å². The van der Waals surface area contributed by atoms with Gasteiger partial charge in [0.15, 0.2) is 0 Å². The Kier molecular flexibility index (Phi) is 6.80. The number of nitrogens with zero attached hydrogens (tertiary/aromatic N) is 1. The fourth-order valence-electron chi connectivity index (χ4n) is 2.83. The predicted octanol–water partition coefficient (Wildman–Crippen LogP) is 3.96. The van der Waals surface area contributed by atoms with Crippen molar-refractivity contribution in [2.75, 3.05) is 6.54 Å². The molecule has 0 amide bonds. The second-order valence-electron chi connectivity index (χ2n) is 6.70. The van der Waals surface area contributed by atoms with Crippen molar-refractivity contribution < 1.29 is 17.9 Å². The normalized spacial score (nSPS) is 11.4. The minimum absolute atomic E-state index is 0.105. The fraction of sp³-hybridized carbons (Fsp3) is 0.174. The van der Waals surface area contributed by atoms with Crippen LogP contribution < -0.4 is 4.74 Å². The number of benzene rings is 3. The molecule has 0 saturated carbocycles. The first-order valence-electron chi connectivity index (χ1n) is 9.25. The third kappa shape index (κ3) is 5.53. The first kappa shape index (κ1) is 20.8. The number of carbonyl (C=O) groups is 1. The lowest BCUT2D eigenvalue weighted by Gasteiger charge is -2.20. The summed E-state index contributed by atoms with van der Waals surface area (Å²) in [5.41, 5.74) is 2.81. The van der Waals surface area contributed by atoms with Gasteiger partial charge in [-0.3, -0.25) is 0 Å². The van der Waals surface area contributed by atoms with E-state index in [1.807, 2.05) is 49.4 Å². The number of ether oxygens (including phenoxy) is 1. The Morgan fingerprint density at radius 2 is 1.52 bits per heavy atom. The number of rotatable bonds is 9. The van der Waals surface area contributed by atoms with Gasteiger partial charge in [0.1, 0.15) is 18.6 Å². The monoisotopic (exact) mass is 409 g/mol. The van der Waals surface area contributed by atoms with Crippen molar-refractivity contribution in [1.29, 1.82) is 0 Å².